The molecule has 0 heterocycles. The molecule has 1 atom stereocenters. The van der Waals surface area contributed by atoms with Crippen molar-refractivity contribution < 1.29 is 5.21 Å². The maximum Gasteiger partial charge on any atom is 0.0845 e. The number of anilines is 2. The van der Waals surface area contributed by atoms with Crippen molar-refractivity contribution in [2.45, 2.75) is 22.3 Å². The number of nitrogens with one attached hydrogen (secondary N) is 2. The Bertz CT molecular complexity index is 640. The van der Waals surface area contributed by atoms with E-state index in [1.807, 2.05) is 36.0 Å². The zero-order valence-corrected chi connectivity index (χ0v) is 16.2. The van der Waals surface area contributed by atoms with Crippen LogP contribution in [0.3, 0.4) is 0 Å². The van der Waals surface area contributed by atoms with Gasteiger partial charge in [0.15, 0.2) is 0 Å². The molecule has 0 spiro atoms. The molecular formula is C18H26N4OS2. The summed E-state index contributed by atoms with van der Waals surface area (Å²) in [6.45, 7) is 0.992. The third-order valence-electron chi connectivity index (χ3n) is 3.73. The van der Waals surface area contributed by atoms with E-state index in [0.29, 0.717) is 5.69 Å². The Kier molecular flexibility index (Phi) is 8.43. The van der Waals surface area contributed by atoms with Gasteiger partial charge in [0, 0.05) is 21.6 Å². The van der Waals surface area contributed by atoms with Gasteiger partial charge >= 0.3 is 0 Å². The highest BCUT2D eigenvalue weighted by molar-refractivity contribution is 7.99. The van der Waals surface area contributed by atoms with Crippen LogP contribution in [0.5, 0.6) is 0 Å². The SMILES string of the molecule is CN(C)CC[C@H](CSc1ccccc1)Nc1ccc(SN)cc1NO. The monoisotopic (exact) mass is 378 g/mol. The van der Waals surface area contributed by atoms with Crippen LogP contribution in [-0.4, -0.2) is 42.5 Å². The molecule has 0 saturated carbocycles. The van der Waals surface area contributed by atoms with Gasteiger partial charge in [0.25, 0.3) is 0 Å². The highest BCUT2D eigenvalue weighted by atomic mass is 32.2. The Labute approximate surface area is 158 Å². The Balaban J connectivity index is 2.06. The lowest BCUT2D eigenvalue weighted by Crippen LogP contribution is -2.28. The molecule has 0 saturated heterocycles. The molecule has 5 nitrogen and oxygen atoms in total. The summed E-state index contributed by atoms with van der Waals surface area (Å²) < 4.78 is 0. The Morgan fingerprint density at radius 3 is 2.48 bits per heavy atom. The van der Waals surface area contributed by atoms with Gasteiger partial charge < -0.3 is 10.2 Å². The van der Waals surface area contributed by atoms with Crippen molar-refractivity contribution in [3.8, 4) is 0 Å². The largest absolute Gasteiger partial charge is 0.380 e. The zero-order chi connectivity index (χ0) is 18.1. The number of nitrogens with two attached hydrogens (primary N) is 1. The quantitative estimate of drug-likeness (QED) is 0.283. The fraction of sp³-hybridized carbons (Fsp3) is 0.333. The normalized spacial score (nSPS) is 12.2. The maximum absolute atomic E-state index is 9.42. The molecule has 7 heteroatoms. The van der Waals surface area contributed by atoms with Crippen molar-refractivity contribution in [3.63, 3.8) is 0 Å². The molecule has 0 unspecified atom stereocenters. The standard InChI is InChI=1S/C18H26N4OS2/c1-22(2)11-10-14(13-24-15-6-4-3-5-7-15)20-17-9-8-16(25-19)12-18(17)21-23/h3-9,12,14,20-21,23H,10-11,13,19H2,1-2H3/t14-/m1/s1. The second-order valence-corrected chi connectivity index (χ2v) is 7.79. The minimum absolute atomic E-state index is 0.274. The van der Waals surface area contributed by atoms with Crippen LogP contribution in [0.25, 0.3) is 0 Å². The van der Waals surface area contributed by atoms with E-state index in [0.717, 1.165) is 41.2 Å². The topological polar surface area (TPSA) is 73.5 Å². The summed E-state index contributed by atoms with van der Waals surface area (Å²) >= 11 is 2.99. The molecule has 0 aliphatic heterocycles. The molecule has 2 aromatic carbocycles. The summed E-state index contributed by atoms with van der Waals surface area (Å²) in [6, 6.07) is 16.4. The summed E-state index contributed by atoms with van der Waals surface area (Å²) in [5, 5.41) is 18.6. The predicted molar refractivity (Wildman–Crippen MR) is 110 cm³/mol. The van der Waals surface area contributed by atoms with Gasteiger partial charge in [-0.15, -0.1) is 11.8 Å². The molecule has 0 aromatic heterocycles. The number of hydrogen-bond acceptors (Lipinski definition) is 7. The number of hydrogen-bond donors (Lipinski definition) is 4. The molecule has 0 radical (unpaired) electrons. The first-order valence-electron chi connectivity index (χ1n) is 8.12. The first-order valence-corrected chi connectivity index (χ1v) is 9.99. The summed E-state index contributed by atoms with van der Waals surface area (Å²) in [6.07, 6.45) is 1.01. The Morgan fingerprint density at radius 1 is 1.08 bits per heavy atom. The number of nitrogens with zero attached hydrogens (tertiary/aromatic N) is 1. The van der Waals surface area contributed by atoms with Crippen LogP contribution < -0.4 is 15.9 Å². The highest BCUT2D eigenvalue weighted by Crippen LogP contribution is 2.28. The van der Waals surface area contributed by atoms with Crippen LogP contribution in [0.2, 0.25) is 0 Å². The van der Waals surface area contributed by atoms with Gasteiger partial charge in [0.2, 0.25) is 0 Å². The molecule has 0 bridgehead atoms. The van der Waals surface area contributed by atoms with Crippen molar-refractivity contribution in [1.29, 1.82) is 0 Å². The fourth-order valence-corrected chi connectivity index (χ4v) is 3.69. The molecule has 0 fully saturated rings. The smallest absolute Gasteiger partial charge is 0.0845 e. The van der Waals surface area contributed by atoms with Crippen LogP contribution in [0, 0.1) is 0 Å². The van der Waals surface area contributed by atoms with Crippen molar-refractivity contribution in [3.05, 3.63) is 48.5 Å². The van der Waals surface area contributed by atoms with Crippen LogP contribution in [0.1, 0.15) is 6.42 Å². The molecular weight excluding hydrogens is 352 g/mol. The Morgan fingerprint density at radius 2 is 1.84 bits per heavy atom. The van der Waals surface area contributed by atoms with Crippen molar-refractivity contribution in [2.75, 3.05) is 37.2 Å². The first-order chi connectivity index (χ1) is 12.1. The second-order valence-electron chi connectivity index (χ2n) is 5.99. The van der Waals surface area contributed by atoms with Crippen molar-refractivity contribution in [1.82, 2.24) is 4.90 Å². The fourth-order valence-electron chi connectivity index (χ4n) is 2.36. The van der Waals surface area contributed by atoms with Gasteiger partial charge in [-0.2, -0.15) is 0 Å². The average molecular weight is 379 g/mol. The molecule has 2 aromatic rings. The molecule has 136 valence electrons. The lowest BCUT2D eigenvalue weighted by Gasteiger charge is -2.23. The summed E-state index contributed by atoms with van der Waals surface area (Å²) in [5.41, 5.74) is 3.77. The number of rotatable bonds is 10. The third-order valence-corrected chi connectivity index (χ3v) is 5.43. The predicted octanol–water partition coefficient (Wildman–Crippen LogP) is 3.98. The second kappa shape index (κ2) is 10.6. The summed E-state index contributed by atoms with van der Waals surface area (Å²) in [7, 11) is 4.16. The molecule has 25 heavy (non-hydrogen) atoms. The van der Waals surface area contributed by atoms with Crippen LogP contribution >= 0.6 is 23.7 Å². The average Bonchev–Trinajstić information content (AvgIpc) is 2.64. The van der Waals surface area contributed by atoms with Crippen LogP contribution in [-0.2, 0) is 0 Å². The molecule has 0 amide bonds. The van der Waals surface area contributed by atoms with Crippen molar-refractivity contribution in [2.24, 2.45) is 5.14 Å². The van der Waals surface area contributed by atoms with E-state index in [9.17, 15) is 5.21 Å². The number of benzene rings is 2. The first kappa shape index (κ1) is 19.9. The van der Waals surface area contributed by atoms with Gasteiger partial charge in [0.1, 0.15) is 0 Å². The van der Waals surface area contributed by atoms with E-state index in [-0.39, 0.29) is 6.04 Å². The maximum atomic E-state index is 9.42. The molecule has 0 aliphatic rings. The van der Waals surface area contributed by atoms with Gasteiger partial charge in [-0.25, -0.2) is 0 Å². The van der Waals surface area contributed by atoms with E-state index >= 15 is 0 Å². The molecule has 2 rings (SSSR count). The van der Waals surface area contributed by atoms with E-state index in [1.165, 1.54) is 4.90 Å². The van der Waals surface area contributed by atoms with Crippen LogP contribution in [0.15, 0.2) is 58.3 Å². The van der Waals surface area contributed by atoms with E-state index in [1.54, 1.807) is 0 Å². The van der Waals surface area contributed by atoms with Gasteiger partial charge in [-0.3, -0.25) is 15.8 Å². The van der Waals surface area contributed by atoms with Gasteiger partial charge in [0.05, 0.1) is 11.4 Å². The highest BCUT2D eigenvalue weighted by Gasteiger charge is 2.13. The minimum Gasteiger partial charge on any atom is -0.380 e. The minimum atomic E-state index is 0.274. The van der Waals surface area contributed by atoms with Gasteiger partial charge in [-0.05, 0) is 69.3 Å². The molecule has 5 N–H and O–H groups in total. The molecule has 0 aliphatic carbocycles. The van der Waals surface area contributed by atoms with Crippen molar-refractivity contribution >= 4 is 35.1 Å². The number of thioether (sulfide) groups is 1. The van der Waals surface area contributed by atoms with E-state index < -0.39 is 0 Å². The van der Waals surface area contributed by atoms with E-state index in [4.69, 9.17) is 5.14 Å². The zero-order valence-electron chi connectivity index (χ0n) is 14.6. The lowest BCUT2D eigenvalue weighted by molar-refractivity contribution is 0.387. The summed E-state index contributed by atoms with van der Waals surface area (Å²) in [5.74, 6) is 0.941. The van der Waals surface area contributed by atoms with Gasteiger partial charge in [-0.1, -0.05) is 18.2 Å². The summed E-state index contributed by atoms with van der Waals surface area (Å²) in [4.78, 5) is 4.33. The lowest BCUT2D eigenvalue weighted by atomic mass is 10.2. The van der Waals surface area contributed by atoms with Crippen LogP contribution in [0.4, 0.5) is 11.4 Å². The van der Waals surface area contributed by atoms with E-state index in [2.05, 4.69) is 54.1 Å². The third kappa shape index (κ3) is 6.80. The Hall–Kier alpha value is -1.38.